The molecule has 1 heterocycles. The summed E-state index contributed by atoms with van der Waals surface area (Å²) in [6.45, 7) is 0.0741. The number of carboxylic acids is 1. The van der Waals surface area contributed by atoms with Gasteiger partial charge in [0.2, 0.25) is 0 Å². The summed E-state index contributed by atoms with van der Waals surface area (Å²) in [6, 6.07) is 8.32. The van der Waals surface area contributed by atoms with E-state index < -0.39 is 5.97 Å². The molecule has 0 aliphatic heterocycles. The van der Waals surface area contributed by atoms with E-state index in [9.17, 15) is 4.79 Å². The number of hydrogen-bond acceptors (Lipinski definition) is 5. The monoisotopic (exact) mass is 284 g/mol. The lowest BCUT2D eigenvalue weighted by Crippen LogP contribution is -2.05. The van der Waals surface area contributed by atoms with Crippen LogP contribution in [0.15, 0.2) is 36.7 Å². The highest BCUT2D eigenvalue weighted by Crippen LogP contribution is 2.23. The SMILES string of the molecule is COc1ccc(C#N)cc1COc1cnccc1C(=O)O. The Hall–Kier alpha value is -3.07. The Morgan fingerprint density at radius 3 is 2.86 bits per heavy atom. The molecule has 6 nitrogen and oxygen atoms in total. The number of nitriles is 1. The second kappa shape index (κ2) is 6.39. The number of aromatic carboxylic acids is 1. The molecule has 0 radical (unpaired) electrons. The molecule has 0 unspecified atom stereocenters. The van der Waals surface area contributed by atoms with E-state index in [-0.39, 0.29) is 17.9 Å². The van der Waals surface area contributed by atoms with E-state index in [1.165, 1.54) is 25.6 Å². The summed E-state index contributed by atoms with van der Waals surface area (Å²) in [7, 11) is 1.51. The fraction of sp³-hybridized carbons (Fsp3) is 0.133. The van der Waals surface area contributed by atoms with Gasteiger partial charge in [-0.3, -0.25) is 4.98 Å². The number of rotatable bonds is 5. The number of methoxy groups -OCH3 is 1. The van der Waals surface area contributed by atoms with E-state index in [2.05, 4.69) is 4.98 Å². The van der Waals surface area contributed by atoms with Gasteiger partial charge in [-0.2, -0.15) is 5.26 Å². The Morgan fingerprint density at radius 1 is 1.38 bits per heavy atom. The number of hydrogen-bond donors (Lipinski definition) is 1. The molecule has 0 spiro atoms. The van der Waals surface area contributed by atoms with Crippen LogP contribution in [-0.4, -0.2) is 23.2 Å². The van der Waals surface area contributed by atoms with Gasteiger partial charge < -0.3 is 14.6 Å². The van der Waals surface area contributed by atoms with Gasteiger partial charge in [0.1, 0.15) is 17.9 Å². The molecule has 0 aliphatic rings. The molecule has 0 amide bonds. The Bertz CT molecular complexity index is 707. The maximum atomic E-state index is 11.1. The lowest BCUT2D eigenvalue weighted by molar-refractivity contribution is 0.0691. The quantitative estimate of drug-likeness (QED) is 0.905. The summed E-state index contributed by atoms with van der Waals surface area (Å²) in [4.78, 5) is 14.9. The average Bonchev–Trinajstić information content (AvgIpc) is 2.52. The lowest BCUT2D eigenvalue weighted by atomic mass is 10.1. The van der Waals surface area contributed by atoms with Crippen molar-refractivity contribution in [2.24, 2.45) is 0 Å². The van der Waals surface area contributed by atoms with Crippen molar-refractivity contribution in [1.29, 1.82) is 5.26 Å². The highest BCUT2D eigenvalue weighted by Gasteiger charge is 2.12. The molecule has 0 bridgehead atoms. The van der Waals surface area contributed by atoms with Crippen molar-refractivity contribution in [3.05, 3.63) is 53.3 Å². The summed E-state index contributed by atoms with van der Waals surface area (Å²) in [5.41, 5.74) is 1.15. The average molecular weight is 284 g/mol. The first-order valence-corrected chi connectivity index (χ1v) is 6.03. The molecular formula is C15H12N2O4. The lowest BCUT2D eigenvalue weighted by Gasteiger charge is -2.11. The van der Waals surface area contributed by atoms with Gasteiger partial charge in [0, 0.05) is 11.8 Å². The maximum absolute atomic E-state index is 11.1. The predicted molar refractivity (Wildman–Crippen MR) is 73.2 cm³/mol. The van der Waals surface area contributed by atoms with Gasteiger partial charge >= 0.3 is 5.97 Å². The number of nitrogens with zero attached hydrogens (tertiary/aromatic N) is 2. The highest BCUT2D eigenvalue weighted by atomic mass is 16.5. The van der Waals surface area contributed by atoms with Crippen molar-refractivity contribution in [3.63, 3.8) is 0 Å². The molecule has 1 N–H and O–H groups in total. The molecule has 0 saturated carbocycles. The van der Waals surface area contributed by atoms with Gasteiger partial charge in [-0.25, -0.2) is 4.79 Å². The van der Waals surface area contributed by atoms with Crippen molar-refractivity contribution in [2.75, 3.05) is 7.11 Å². The number of ether oxygens (including phenoxy) is 2. The van der Waals surface area contributed by atoms with Crippen LogP contribution in [0.1, 0.15) is 21.5 Å². The smallest absolute Gasteiger partial charge is 0.339 e. The normalized spacial score (nSPS) is 9.71. The molecule has 0 aliphatic carbocycles. The van der Waals surface area contributed by atoms with Crippen LogP contribution in [0.3, 0.4) is 0 Å². The van der Waals surface area contributed by atoms with Gasteiger partial charge in [-0.1, -0.05) is 0 Å². The summed E-state index contributed by atoms with van der Waals surface area (Å²) >= 11 is 0. The largest absolute Gasteiger partial charge is 0.496 e. The van der Waals surface area contributed by atoms with Crippen LogP contribution >= 0.6 is 0 Å². The third kappa shape index (κ3) is 3.28. The molecule has 0 atom stereocenters. The fourth-order valence-corrected chi connectivity index (χ4v) is 1.79. The number of carbonyl (C=O) groups is 1. The molecule has 1 aromatic carbocycles. The van der Waals surface area contributed by atoms with Crippen LogP contribution in [0, 0.1) is 11.3 Å². The Labute approximate surface area is 121 Å². The van der Waals surface area contributed by atoms with Gasteiger partial charge in [0.05, 0.1) is 24.9 Å². The zero-order valence-electron chi connectivity index (χ0n) is 11.2. The van der Waals surface area contributed by atoms with Crippen molar-refractivity contribution >= 4 is 5.97 Å². The van der Waals surface area contributed by atoms with Crippen LogP contribution in [0.25, 0.3) is 0 Å². The molecule has 6 heteroatoms. The number of pyridine rings is 1. The van der Waals surface area contributed by atoms with Crippen LogP contribution in [-0.2, 0) is 6.61 Å². The van der Waals surface area contributed by atoms with Crippen LogP contribution in [0.2, 0.25) is 0 Å². The highest BCUT2D eigenvalue weighted by molar-refractivity contribution is 5.90. The van der Waals surface area contributed by atoms with Crippen molar-refractivity contribution in [2.45, 2.75) is 6.61 Å². The zero-order valence-corrected chi connectivity index (χ0v) is 11.2. The van der Waals surface area contributed by atoms with Gasteiger partial charge in [0.25, 0.3) is 0 Å². The molecule has 1 aromatic heterocycles. The third-order valence-electron chi connectivity index (χ3n) is 2.81. The molecule has 0 saturated heterocycles. The molecule has 0 fully saturated rings. The van der Waals surface area contributed by atoms with E-state index in [1.54, 1.807) is 18.2 Å². The first kappa shape index (κ1) is 14.3. The zero-order chi connectivity index (χ0) is 15.2. The summed E-state index contributed by atoms with van der Waals surface area (Å²) in [6.07, 6.45) is 2.72. The maximum Gasteiger partial charge on any atom is 0.339 e. The standard InChI is InChI=1S/C15H12N2O4/c1-20-13-3-2-10(7-16)6-11(13)9-21-14-8-17-5-4-12(14)15(18)19/h2-6,8H,9H2,1H3,(H,18,19). The van der Waals surface area contributed by atoms with Crippen LogP contribution < -0.4 is 9.47 Å². The Kier molecular flexibility index (Phi) is 4.36. The first-order valence-electron chi connectivity index (χ1n) is 6.03. The number of carboxylic acid groups (broad SMARTS) is 1. The Balaban J connectivity index is 2.24. The molecule has 21 heavy (non-hydrogen) atoms. The minimum absolute atomic E-state index is 0.0282. The van der Waals surface area contributed by atoms with E-state index in [0.717, 1.165) is 0 Å². The van der Waals surface area contributed by atoms with Gasteiger partial charge in [0.15, 0.2) is 5.75 Å². The van der Waals surface area contributed by atoms with E-state index in [4.69, 9.17) is 19.8 Å². The van der Waals surface area contributed by atoms with Gasteiger partial charge in [-0.05, 0) is 24.3 Å². The van der Waals surface area contributed by atoms with Crippen molar-refractivity contribution in [3.8, 4) is 17.6 Å². The summed E-state index contributed by atoms with van der Waals surface area (Å²) in [5.74, 6) is -0.366. The van der Waals surface area contributed by atoms with Crippen molar-refractivity contribution in [1.82, 2.24) is 4.98 Å². The van der Waals surface area contributed by atoms with E-state index in [1.807, 2.05) is 6.07 Å². The number of aromatic nitrogens is 1. The predicted octanol–water partition coefficient (Wildman–Crippen LogP) is 2.24. The second-order valence-corrected chi connectivity index (χ2v) is 4.10. The minimum atomic E-state index is -1.09. The van der Waals surface area contributed by atoms with Crippen molar-refractivity contribution < 1.29 is 19.4 Å². The first-order chi connectivity index (χ1) is 10.2. The summed E-state index contributed by atoms with van der Waals surface area (Å²) < 4.78 is 10.7. The topological polar surface area (TPSA) is 92.4 Å². The number of benzene rings is 1. The van der Waals surface area contributed by atoms with E-state index in [0.29, 0.717) is 16.9 Å². The minimum Gasteiger partial charge on any atom is -0.496 e. The summed E-state index contributed by atoms with van der Waals surface area (Å²) in [5, 5.41) is 18.0. The Morgan fingerprint density at radius 2 is 2.19 bits per heavy atom. The molecule has 2 rings (SSSR count). The van der Waals surface area contributed by atoms with Crippen LogP contribution in [0.4, 0.5) is 0 Å². The second-order valence-electron chi connectivity index (χ2n) is 4.10. The molecular weight excluding hydrogens is 272 g/mol. The third-order valence-corrected chi connectivity index (χ3v) is 2.81. The van der Waals surface area contributed by atoms with E-state index >= 15 is 0 Å². The molecule has 2 aromatic rings. The fourth-order valence-electron chi connectivity index (χ4n) is 1.79. The molecule has 106 valence electrons. The van der Waals surface area contributed by atoms with Crippen LogP contribution in [0.5, 0.6) is 11.5 Å². The van der Waals surface area contributed by atoms with Gasteiger partial charge in [-0.15, -0.1) is 0 Å².